The van der Waals surface area contributed by atoms with Crippen LogP contribution in [0.1, 0.15) is 64.8 Å². The summed E-state index contributed by atoms with van der Waals surface area (Å²) < 4.78 is 10.3. The minimum Gasteiger partial charge on any atom is -0.462 e. The lowest BCUT2D eigenvalue weighted by Crippen LogP contribution is -2.31. The Morgan fingerprint density at radius 1 is 0.810 bits per heavy atom. The predicted octanol–water partition coefficient (Wildman–Crippen LogP) is 5.12. The Morgan fingerprint density at radius 3 is 2.26 bits per heavy atom. The molecule has 0 spiro atoms. The second kappa shape index (κ2) is 12.8. The molecule has 0 aromatic heterocycles. The third-order valence-electron chi connectivity index (χ3n) is 7.71. The molecule has 0 unspecified atom stereocenters. The fourth-order valence-corrected chi connectivity index (χ4v) is 5.61. The molecule has 1 heterocycles. The quantitative estimate of drug-likeness (QED) is 0.281. The van der Waals surface area contributed by atoms with Gasteiger partial charge < -0.3 is 14.8 Å². The summed E-state index contributed by atoms with van der Waals surface area (Å²) in [7, 11) is 0. The van der Waals surface area contributed by atoms with Gasteiger partial charge in [0.15, 0.2) is 6.61 Å². The molecule has 216 valence electrons. The molecular formula is C33H32N2O7. The number of nitrogens with one attached hydrogen (secondary N) is 1. The summed E-state index contributed by atoms with van der Waals surface area (Å²) in [5.74, 6) is -2.81. The van der Waals surface area contributed by atoms with Crippen LogP contribution < -0.4 is 10.2 Å². The maximum atomic E-state index is 13.4. The number of carbonyl (C=O) groups is 5. The summed E-state index contributed by atoms with van der Waals surface area (Å²) in [5, 5.41) is 2.60. The van der Waals surface area contributed by atoms with Crippen molar-refractivity contribution >= 4 is 41.0 Å². The summed E-state index contributed by atoms with van der Waals surface area (Å²) in [6.07, 6.45) is 2.79. The Hall–Kier alpha value is -4.79. The van der Waals surface area contributed by atoms with Crippen LogP contribution >= 0.6 is 0 Å². The summed E-state index contributed by atoms with van der Waals surface area (Å²) in [6, 6.07) is 22.3. The number of ether oxygens (including phenoxy) is 2. The van der Waals surface area contributed by atoms with E-state index in [1.807, 2.05) is 25.1 Å². The standard InChI is InChI=1S/C33H32N2O7/c1-2-17-41-32(39)22-11-14-25(15-12-22)34-29(36)20-42-33(40)24-9-6-10-26(18-24)35-30(37)27-16-13-23(19-28(27)31(35)38)21-7-4-3-5-8-21/h3-12,14-15,18,23,27-28H,2,13,16-17,19-20H2,1H3,(H,34,36)/t23-,27-,28-/m1/s1. The van der Waals surface area contributed by atoms with E-state index < -0.39 is 30.4 Å². The first kappa shape index (κ1) is 28.7. The van der Waals surface area contributed by atoms with Crippen LogP contribution in [0, 0.1) is 11.8 Å². The SMILES string of the molecule is CCCOC(=O)c1ccc(NC(=O)COC(=O)c2cccc(N3C(=O)[C@@H]4CC[C@@H](c5ccccc5)C[C@H]4C3=O)c2)cc1. The van der Waals surface area contributed by atoms with E-state index in [9.17, 15) is 24.0 Å². The van der Waals surface area contributed by atoms with Crippen LogP contribution in [-0.2, 0) is 23.9 Å². The molecule has 1 N–H and O–H groups in total. The zero-order chi connectivity index (χ0) is 29.6. The molecule has 1 aliphatic heterocycles. The maximum Gasteiger partial charge on any atom is 0.338 e. The fourth-order valence-electron chi connectivity index (χ4n) is 5.61. The average Bonchev–Trinajstić information content (AvgIpc) is 3.28. The molecule has 1 aliphatic carbocycles. The molecule has 3 aromatic carbocycles. The first-order valence-electron chi connectivity index (χ1n) is 14.1. The lowest BCUT2D eigenvalue weighted by atomic mass is 9.73. The van der Waals surface area contributed by atoms with E-state index in [0.29, 0.717) is 42.8 Å². The van der Waals surface area contributed by atoms with Gasteiger partial charge in [-0.1, -0.05) is 43.3 Å². The number of amides is 3. The molecule has 2 aliphatic rings. The third kappa shape index (κ3) is 6.25. The van der Waals surface area contributed by atoms with Crippen molar-refractivity contribution in [1.29, 1.82) is 0 Å². The number of hydrogen-bond acceptors (Lipinski definition) is 7. The van der Waals surface area contributed by atoms with Crippen molar-refractivity contribution in [1.82, 2.24) is 0 Å². The van der Waals surface area contributed by atoms with Gasteiger partial charge in [0, 0.05) is 5.69 Å². The highest BCUT2D eigenvalue weighted by Crippen LogP contribution is 2.45. The van der Waals surface area contributed by atoms with Gasteiger partial charge in [0.25, 0.3) is 5.91 Å². The Kier molecular flexibility index (Phi) is 8.76. The number of esters is 2. The van der Waals surface area contributed by atoms with E-state index in [0.717, 1.165) is 6.42 Å². The first-order chi connectivity index (χ1) is 20.4. The van der Waals surface area contributed by atoms with Crippen LogP contribution in [-0.4, -0.2) is 42.9 Å². The Morgan fingerprint density at radius 2 is 1.52 bits per heavy atom. The van der Waals surface area contributed by atoms with Crippen molar-refractivity contribution in [2.24, 2.45) is 11.8 Å². The molecule has 1 saturated carbocycles. The normalized spacial score (nSPS) is 19.6. The van der Waals surface area contributed by atoms with Crippen LogP contribution in [0.4, 0.5) is 11.4 Å². The van der Waals surface area contributed by atoms with E-state index in [4.69, 9.17) is 9.47 Å². The number of anilines is 2. The zero-order valence-corrected chi connectivity index (χ0v) is 23.3. The van der Waals surface area contributed by atoms with Crippen LogP contribution in [0.15, 0.2) is 78.9 Å². The van der Waals surface area contributed by atoms with Crippen LogP contribution in [0.2, 0.25) is 0 Å². The molecule has 3 aromatic rings. The van der Waals surface area contributed by atoms with Gasteiger partial charge in [-0.15, -0.1) is 0 Å². The van der Waals surface area contributed by atoms with E-state index in [1.165, 1.54) is 34.7 Å². The largest absolute Gasteiger partial charge is 0.462 e. The molecule has 2 fully saturated rings. The maximum absolute atomic E-state index is 13.4. The van der Waals surface area contributed by atoms with Gasteiger partial charge in [0.05, 0.1) is 35.3 Å². The topological polar surface area (TPSA) is 119 Å². The van der Waals surface area contributed by atoms with E-state index in [1.54, 1.807) is 24.3 Å². The molecular weight excluding hydrogens is 536 g/mol. The minimum atomic E-state index is -0.762. The van der Waals surface area contributed by atoms with Gasteiger partial charge in [-0.05, 0) is 79.6 Å². The van der Waals surface area contributed by atoms with Crippen molar-refractivity contribution < 1.29 is 33.4 Å². The second-order valence-corrected chi connectivity index (χ2v) is 10.5. The number of rotatable bonds is 9. The Bertz CT molecular complexity index is 1490. The summed E-state index contributed by atoms with van der Waals surface area (Å²) in [6.45, 7) is 1.68. The number of benzene rings is 3. The number of imide groups is 1. The minimum absolute atomic E-state index is 0.118. The fraction of sp³-hybridized carbons (Fsp3) is 0.303. The lowest BCUT2D eigenvalue weighted by Gasteiger charge is -2.28. The van der Waals surface area contributed by atoms with E-state index >= 15 is 0 Å². The number of carbonyl (C=O) groups excluding carboxylic acids is 5. The monoisotopic (exact) mass is 568 g/mol. The Balaban J connectivity index is 1.18. The highest BCUT2D eigenvalue weighted by molar-refractivity contribution is 6.22. The van der Waals surface area contributed by atoms with Crippen LogP contribution in [0.25, 0.3) is 0 Å². The molecule has 0 radical (unpaired) electrons. The highest BCUT2D eigenvalue weighted by Gasteiger charge is 2.50. The van der Waals surface area contributed by atoms with Gasteiger partial charge in [-0.2, -0.15) is 0 Å². The molecule has 5 rings (SSSR count). The number of nitrogens with zero attached hydrogens (tertiary/aromatic N) is 1. The van der Waals surface area contributed by atoms with Gasteiger partial charge in [-0.25, -0.2) is 9.59 Å². The number of hydrogen-bond donors (Lipinski definition) is 1. The summed E-state index contributed by atoms with van der Waals surface area (Å²) in [4.78, 5) is 64.9. The van der Waals surface area contributed by atoms with Gasteiger partial charge >= 0.3 is 11.9 Å². The molecule has 0 bridgehead atoms. The highest BCUT2D eigenvalue weighted by atomic mass is 16.5. The van der Waals surface area contributed by atoms with Crippen molar-refractivity contribution in [3.8, 4) is 0 Å². The molecule has 9 heteroatoms. The predicted molar refractivity (Wildman–Crippen MR) is 155 cm³/mol. The lowest BCUT2D eigenvalue weighted by molar-refractivity contribution is -0.122. The Labute approximate surface area is 243 Å². The molecule has 1 saturated heterocycles. The van der Waals surface area contributed by atoms with Crippen molar-refractivity contribution in [3.63, 3.8) is 0 Å². The van der Waals surface area contributed by atoms with Gasteiger partial charge in [-0.3, -0.25) is 19.3 Å². The molecule has 42 heavy (non-hydrogen) atoms. The van der Waals surface area contributed by atoms with E-state index in [-0.39, 0.29) is 29.2 Å². The van der Waals surface area contributed by atoms with Crippen molar-refractivity contribution in [2.75, 3.05) is 23.4 Å². The smallest absolute Gasteiger partial charge is 0.338 e. The average molecular weight is 569 g/mol. The second-order valence-electron chi connectivity index (χ2n) is 10.5. The van der Waals surface area contributed by atoms with Crippen molar-refractivity contribution in [3.05, 3.63) is 95.6 Å². The van der Waals surface area contributed by atoms with Gasteiger partial charge in [0.1, 0.15) is 0 Å². The van der Waals surface area contributed by atoms with Crippen LogP contribution in [0.5, 0.6) is 0 Å². The third-order valence-corrected chi connectivity index (χ3v) is 7.71. The first-order valence-corrected chi connectivity index (χ1v) is 14.1. The molecule has 3 amide bonds. The number of fused-ring (bicyclic) bond motifs is 1. The van der Waals surface area contributed by atoms with Crippen LogP contribution in [0.3, 0.4) is 0 Å². The van der Waals surface area contributed by atoms with E-state index in [2.05, 4.69) is 17.4 Å². The summed E-state index contributed by atoms with van der Waals surface area (Å²) >= 11 is 0. The van der Waals surface area contributed by atoms with Crippen molar-refractivity contribution in [2.45, 2.75) is 38.5 Å². The zero-order valence-electron chi connectivity index (χ0n) is 23.3. The summed E-state index contributed by atoms with van der Waals surface area (Å²) in [5.41, 5.74) is 2.39. The molecule has 9 nitrogen and oxygen atoms in total. The van der Waals surface area contributed by atoms with Gasteiger partial charge in [0.2, 0.25) is 11.8 Å². The molecule has 3 atom stereocenters.